The van der Waals surface area contributed by atoms with Crippen LogP contribution in [0.5, 0.6) is 0 Å². The van der Waals surface area contributed by atoms with E-state index >= 15 is 0 Å². The monoisotopic (exact) mass is 203 g/mol. The molecule has 0 atom stereocenters. The van der Waals surface area contributed by atoms with Gasteiger partial charge in [0.05, 0.1) is 18.4 Å². The van der Waals surface area contributed by atoms with Crippen molar-refractivity contribution in [3.05, 3.63) is 18.1 Å². The number of aromatic nitrogens is 2. The van der Waals surface area contributed by atoms with E-state index in [4.69, 9.17) is 5.26 Å². The van der Waals surface area contributed by atoms with E-state index in [0.29, 0.717) is 11.7 Å². The molecule has 2 rings (SSSR count). The number of anilines is 1. The van der Waals surface area contributed by atoms with Crippen LogP contribution in [0.1, 0.15) is 12.6 Å². The van der Waals surface area contributed by atoms with E-state index in [2.05, 4.69) is 27.1 Å². The fourth-order valence-electron chi connectivity index (χ4n) is 1.63. The van der Waals surface area contributed by atoms with Gasteiger partial charge in [0, 0.05) is 19.6 Å². The molecule has 1 N–H and O–H groups in total. The average Bonchev–Trinajstić information content (AvgIpc) is 2.23. The summed E-state index contributed by atoms with van der Waals surface area (Å²) >= 11 is 0. The Bertz CT molecular complexity index is 362. The van der Waals surface area contributed by atoms with Crippen LogP contribution in [-0.2, 0) is 0 Å². The minimum Gasteiger partial charge on any atom is -0.350 e. The van der Waals surface area contributed by atoms with Gasteiger partial charge in [0.25, 0.3) is 0 Å². The number of nitrogens with one attached hydrogen (secondary N) is 1. The van der Waals surface area contributed by atoms with E-state index in [0.717, 1.165) is 25.5 Å². The quantitative estimate of drug-likeness (QED) is 0.757. The van der Waals surface area contributed by atoms with E-state index in [1.54, 1.807) is 6.20 Å². The summed E-state index contributed by atoms with van der Waals surface area (Å²) in [6, 6.07) is 2.48. The van der Waals surface area contributed by atoms with E-state index in [-0.39, 0.29) is 0 Å². The van der Waals surface area contributed by atoms with Crippen LogP contribution in [-0.4, -0.2) is 35.6 Å². The third kappa shape index (κ3) is 1.90. The van der Waals surface area contributed by atoms with Crippen LogP contribution >= 0.6 is 0 Å². The summed E-state index contributed by atoms with van der Waals surface area (Å²) in [7, 11) is 0. The molecule has 0 unspecified atom stereocenters. The van der Waals surface area contributed by atoms with Gasteiger partial charge in [-0.15, -0.1) is 0 Å². The van der Waals surface area contributed by atoms with Crippen molar-refractivity contribution in [3.63, 3.8) is 0 Å². The van der Waals surface area contributed by atoms with Crippen molar-refractivity contribution in [2.45, 2.75) is 13.0 Å². The SMILES string of the molecule is CCN(c1cnc(C#N)cn1)C1CNC1. The molecule has 1 aromatic rings. The highest BCUT2D eigenvalue weighted by molar-refractivity contribution is 5.39. The van der Waals surface area contributed by atoms with Crippen molar-refractivity contribution in [2.75, 3.05) is 24.5 Å². The molecule has 0 saturated carbocycles. The largest absolute Gasteiger partial charge is 0.350 e. The number of rotatable bonds is 3. The molecule has 5 nitrogen and oxygen atoms in total. The second-order valence-electron chi connectivity index (χ2n) is 3.47. The molecule has 0 aliphatic carbocycles. The van der Waals surface area contributed by atoms with E-state index in [1.807, 2.05) is 6.07 Å². The van der Waals surface area contributed by atoms with Crippen molar-refractivity contribution >= 4 is 5.82 Å². The summed E-state index contributed by atoms with van der Waals surface area (Å²) in [5.74, 6) is 0.850. The van der Waals surface area contributed by atoms with Gasteiger partial charge in [-0.25, -0.2) is 9.97 Å². The summed E-state index contributed by atoms with van der Waals surface area (Å²) in [4.78, 5) is 10.5. The van der Waals surface area contributed by atoms with Gasteiger partial charge in [-0.3, -0.25) is 0 Å². The molecule has 15 heavy (non-hydrogen) atoms. The lowest BCUT2D eigenvalue weighted by atomic mass is 10.1. The van der Waals surface area contributed by atoms with Gasteiger partial charge in [0.2, 0.25) is 0 Å². The maximum absolute atomic E-state index is 8.61. The molecule has 0 bridgehead atoms. The standard InChI is InChI=1S/C10H13N5/c1-2-15(9-5-12-6-9)10-7-13-8(3-11)4-14-10/h4,7,9,12H,2,5-6H2,1H3. The first-order valence-corrected chi connectivity index (χ1v) is 5.04. The number of nitrogens with zero attached hydrogens (tertiary/aromatic N) is 4. The fraction of sp³-hybridized carbons (Fsp3) is 0.500. The maximum Gasteiger partial charge on any atom is 0.158 e. The molecule has 1 fully saturated rings. The Morgan fingerprint density at radius 2 is 2.33 bits per heavy atom. The fourth-order valence-corrected chi connectivity index (χ4v) is 1.63. The van der Waals surface area contributed by atoms with Crippen LogP contribution in [0.2, 0.25) is 0 Å². The van der Waals surface area contributed by atoms with E-state index in [1.165, 1.54) is 6.20 Å². The lowest BCUT2D eigenvalue weighted by Crippen LogP contribution is -2.57. The van der Waals surface area contributed by atoms with Gasteiger partial charge >= 0.3 is 0 Å². The number of nitriles is 1. The molecule has 78 valence electrons. The first-order valence-electron chi connectivity index (χ1n) is 5.04. The minimum absolute atomic E-state index is 0.363. The predicted octanol–water partition coefficient (Wildman–Crippen LogP) is 0.146. The Morgan fingerprint density at radius 3 is 2.73 bits per heavy atom. The lowest BCUT2D eigenvalue weighted by molar-refractivity contribution is 0.415. The smallest absolute Gasteiger partial charge is 0.158 e. The Morgan fingerprint density at radius 1 is 1.53 bits per heavy atom. The highest BCUT2D eigenvalue weighted by atomic mass is 15.3. The molecule has 1 saturated heterocycles. The Labute approximate surface area is 88.8 Å². The normalized spacial score (nSPS) is 15.5. The van der Waals surface area contributed by atoms with Crippen molar-refractivity contribution in [2.24, 2.45) is 0 Å². The van der Waals surface area contributed by atoms with E-state index in [9.17, 15) is 0 Å². The summed E-state index contributed by atoms with van der Waals surface area (Å²) in [6.07, 6.45) is 3.18. The van der Waals surface area contributed by atoms with Crippen molar-refractivity contribution in [3.8, 4) is 6.07 Å². The molecular weight excluding hydrogens is 190 g/mol. The minimum atomic E-state index is 0.363. The molecule has 5 heteroatoms. The Kier molecular flexibility index (Phi) is 2.79. The van der Waals surface area contributed by atoms with Crippen molar-refractivity contribution < 1.29 is 0 Å². The van der Waals surface area contributed by atoms with Gasteiger partial charge in [0.1, 0.15) is 11.9 Å². The third-order valence-corrected chi connectivity index (χ3v) is 2.59. The van der Waals surface area contributed by atoms with Crippen LogP contribution in [0.3, 0.4) is 0 Å². The summed E-state index contributed by atoms with van der Waals surface area (Å²) in [6.45, 7) is 5.00. The number of hydrogen-bond donors (Lipinski definition) is 1. The second kappa shape index (κ2) is 4.24. The summed E-state index contributed by atoms with van der Waals surface area (Å²) in [5, 5.41) is 11.8. The Balaban J connectivity index is 2.15. The lowest BCUT2D eigenvalue weighted by Gasteiger charge is -2.38. The zero-order valence-corrected chi connectivity index (χ0v) is 8.64. The maximum atomic E-state index is 8.61. The van der Waals surface area contributed by atoms with Gasteiger partial charge in [-0.2, -0.15) is 5.26 Å². The van der Waals surface area contributed by atoms with Crippen LogP contribution in [0.15, 0.2) is 12.4 Å². The van der Waals surface area contributed by atoms with Crippen LogP contribution in [0, 0.1) is 11.3 Å². The first-order chi connectivity index (χ1) is 7.35. The van der Waals surface area contributed by atoms with Crippen LogP contribution < -0.4 is 10.2 Å². The number of hydrogen-bond acceptors (Lipinski definition) is 5. The van der Waals surface area contributed by atoms with Crippen molar-refractivity contribution in [1.82, 2.24) is 15.3 Å². The molecule has 0 radical (unpaired) electrons. The van der Waals surface area contributed by atoms with Gasteiger partial charge in [0.15, 0.2) is 5.69 Å². The van der Waals surface area contributed by atoms with E-state index < -0.39 is 0 Å². The van der Waals surface area contributed by atoms with Gasteiger partial charge in [-0.05, 0) is 6.92 Å². The average molecular weight is 203 g/mol. The number of likely N-dealkylation sites (N-methyl/N-ethyl adjacent to an activating group) is 1. The summed E-state index contributed by atoms with van der Waals surface area (Å²) in [5.41, 5.74) is 0.363. The highest BCUT2D eigenvalue weighted by Gasteiger charge is 2.24. The molecule has 2 heterocycles. The molecule has 1 aromatic heterocycles. The Hall–Kier alpha value is -1.67. The molecular formula is C10H13N5. The first kappa shape index (κ1) is 9.87. The van der Waals surface area contributed by atoms with Crippen LogP contribution in [0.25, 0.3) is 0 Å². The zero-order chi connectivity index (χ0) is 10.7. The molecule has 0 spiro atoms. The molecule has 1 aliphatic rings. The highest BCUT2D eigenvalue weighted by Crippen LogP contribution is 2.14. The third-order valence-electron chi connectivity index (χ3n) is 2.59. The summed E-state index contributed by atoms with van der Waals surface area (Å²) < 4.78 is 0. The van der Waals surface area contributed by atoms with Crippen molar-refractivity contribution in [1.29, 1.82) is 5.26 Å². The topological polar surface area (TPSA) is 64.8 Å². The predicted molar refractivity (Wildman–Crippen MR) is 56.4 cm³/mol. The van der Waals surface area contributed by atoms with Gasteiger partial charge in [-0.1, -0.05) is 0 Å². The van der Waals surface area contributed by atoms with Gasteiger partial charge < -0.3 is 10.2 Å². The molecule has 0 amide bonds. The second-order valence-corrected chi connectivity index (χ2v) is 3.47. The molecule has 0 aromatic carbocycles. The molecule has 1 aliphatic heterocycles. The van der Waals surface area contributed by atoms with Crippen LogP contribution in [0.4, 0.5) is 5.82 Å². The zero-order valence-electron chi connectivity index (χ0n) is 8.64.